The number of hydrogen-bond acceptors (Lipinski definition) is 2. The molecule has 1 saturated carbocycles. The summed E-state index contributed by atoms with van der Waals surface area (Å²) >= 11 is 0. The van der Waals surface area contributed by atoms with E-state index >= 15 is 0 Å². The third-order valence-corrected chi connectivity index (χ3v) is 4.69. The highest BCUT2D eigenvalue weighted by Gasteiger charge is 2.48. The lowest BCUT2D eigenvalue weighted by Crippen LogP contribution is -2.39. The lowest BCUT2D eigenvalue weighted by Gasteiger charge is -2.20. The van der Waals surface area contributed by atoms with Crippen LogP contribution in [0.15, 0.2) is 24.3 Å². The van der Waals surface area contributed by atoms with Crippen molar-refractivity contribution >= 4 is 11.8 Å². The van der Waals surface area contributed by atoms with Gasteiger partial charge < -0.3 is 10.6 Å². The van der Waals surface area contributed by atoms with Gasteiger partial charge in [0.1, 0.15) is 0 Å². The topological polar surface area (TPSA) is 58.2 Å². The highest BCUT2D eigenvalue weighted by atomic mass is 16.2. The van der Waals surface area contributed by atoms with Gasteiger partial charge in [-0.1, -0.05) is 24.3 Å². The zero-order valence-corrected chi connectivity index (χ0v) is 12.4. The van der Waals surface area contributed by atoms with Crippen molar-refractivity contribution in [3.8, 4) is 0 Å². The zero-order valence-electron chi connectivity index (χ0n) is 12.4. The molecule has 0 radical (unpaired) electrons. The summed E-state index contributed by atoms with van der Waals surface area (Å²) in [5.41, 5.74) is 0. The number of rotatable bonds is 4. The number of nitrogens with one attached hydrogen (secondary N) is 2. The van der Waals surface area contributed by atoms with Crippen LogP contribution in [-0.4, -0.2) is 23.9 Å². The standard InChI is InChI=1S/C17H24N2O2/c20-16(18-12-7-3-1-4-8-12)14-11-15(14)17(21)19-13-9-5-2-6-10-13/h1-3,5,12-15H,4,6-11H2,(H,18,20)(H,19,21)/t12-,13+,14-,15-/m1/s1. The average molecular weight is 288 g/mol. The first kappa shape index (κ1) is 14.4. The van der Waals surface area contributed by atoms with Gasteiger partial charge in [0.2, 0.25) is 11.8 Å². The van der Waals surface area contributed by atoms with E-state index in [0.29, 0.717) is 6.42 Å². The van der Waals surface area contributed by atoms with Crippen LogP contribution in [0.25, 0.3) is 0 Å². The zero-order chi connectivity index (χ0) is 14.7. The van der Waals surface area contributed by atoms with Crippen LogP contribution in [-0.2, 0) is 9.59 Å². The summed E-state index contributed by atoms with van der Waals surface area (Å²) in [4.78, 5) is 24.3. The normalized spacial score (nSPS) is 34.3. The molecule has 4 heteroatoms. The van der Waals surface area contributed by atoms with Crippen molar-refractivity contribution in [2.24, 2.45) is 11.8 Å². The molecule has 0 heterocycles. The Kier molecular flexibility index (Phi) is 4.42. The maximum Gasteiger partial charge on any atom is 0.224 e. The number of carbonyl (C=O) groups excluding carboxylic acids is 2. The predicted molar refractivity (Wildman–Crippen MR) is 81.4 cm³/mol. The van der Waals surface area contributed by atoms with Crippen LogP contribution in [0.1, 0.15) is 44.9 Å². The Hall–Kier alpha value is -1.58. The highest BCUT2D eigenvalue weighted by molar-refractivity contribution is 5.92. The van der Waals surface area contributed by atoms with E-state index in [2.05, 4.69) is 34.9 Å². The summed E-state index contributed by atoms with van der Waals surface area (Å²) in [5.74, 6) is -0.0666. The van der Waals surface area contributed by atoms with E-state index < -0.39 is 0 Å². The Labute approximate surface area is 126 Å². The molecule has 0 spiro atoms. The van der Waals surface area contributed by atoms with Gasteiger partial charge in [0, 0.05) is 12.1 Å². The van der Waals surface area contributed by atoms with E-state index in [0.717, 1.165) is 38.5 Å². The fraction of sp³-hybridized carbons (Fsp3) is 0.647. The molecule has 3 rings (SSSR count). The fourth-order valence-corrected chi connectivity index (χ4v) is 3.24. The van der Waals surface area contributed by atoms with Crippen molar-refractivity contribution in [2.45, 2.75) is 57.0 Å². The number of allylic oxidation sites excluding steroid dienone is 2. The summed E-state index contributed by atoms with van der Waals surface area (Å²) in [6, 6.07) is 0.519. The molecule has 0 unspecified atom stereocenters. The second kappa shape index (κ2) is 6.46. The quantitative estimate of drug-likeness (QED) is 0.778. The number of carbonyl (C=O) groups is 2. The third-order valence-electron chi connectivity index (χ3n) is 4.69. The van der Waals surface area contributed by atoms with Gasteiger partial charge in [-0.3, -0.25) is 9.59 Å². The Bertz CT molecular complexity index is 427. The minimum Gasteiger partial charge on any atom is -0.353 e. The molecule has 1 fully saturated rings. The molecule has 0 aliphatic heterocycles. The van der Waals surface area contributed by atoms with Gasteiger partial charge in [0.25, 0.3) is 0 Å². The maximum absolute atomic E-state index is 12.2. The average Bonchev–Trinajstić information content (AvgIpc) is 3.30. The van der Waals surface area contributed by atoms with E-state index in [9.17, 15) is 9.59 Å². The van der Waals surface area contributed by atoms with Gasteiger partial charge in [-0.05, 0) is 44.9 Å². The van der Waals surface area contributed by atoms with Gasteiger partial charge in [0.05, 0.1) is 11.8 Å². The molecule has 0 aromatic rings. The molecular formula is C17H24N2O2. The van der Waals surface area contributed by atoms with Crippen molar-refractivity contribution in [3.63, 3.8) is 0 Å². The van der Waals surface area contributed by atoms with Crippen LogP contribution in [0.5, 0.6) is 0 Å². The molecule has 4 atom stereocenters. The first-order chi connectivity index (χ1) is 10.2. The lowest BCUT2D eigenvalue weighted by atomic mass is 10.0. The molecule has 0 saturated heterocycles. The first-order valence-corrected chi connectivity index (χ1v) is 8.15. The van der Waals surface area contributed by atoms with Crippen molar-refractivity contribution in [1.82, 2.24) is 10.6 Å². The molecule has 0 aromatic carbocycles. The van der Waals surface area contributed by atoms with Crippen molar-refractivity contribution in [2.75, 3.05) is 0 Å². The van der Waals surface area contributed by atoms with E-state index in [-0.39, 0.29) is 35.7 Å². The van der Waals surface area contributed by atoms with Crippen LogP contribution < -0.4 is 10.6 Å². The smallest absolute Gasteiger partial charge is 0.224 e. The lowest BCUT2D eigenvalue weighted by molar-refractivity contribution is -0.128. The van der Waals surface area contributed by atoms with Gasteiger partial charge in [-0.25, -0.2) is 0 Å². The van der Waals surface area contributed by atoms with Crippen molar-refractivity contribution in [1.29, 1.82) is 0 Å². The van der Waals surface area contributed by atoms with Gasteiger partial charge in [-0.15, -0.1) is 0 Å². The molecule has 3 aliphatic carbocycles. The summed E-state index contributed by atoms with van der Waals surface area (Å²) in [5, 5.41) is 6.18. The van der Waals surface area contributed by atoms with E-state index in [1.807, 2.05) is 0 Å². The minimum absolute atomic E-state index is 0.0685. The SMILES string of the molecule is O=C(N[C@@H]1CC=CCC1)[C@@H]1C[C@H]1C(=O)N[C@H]1CC=CCC1. The Morgan fingerprint density at radius 1 is 0.762 bits per heavy atom. The predicted octanol–water partition coefficient (Wildman–Crippen LogP) is 2.07. The summed E-state index contributed by atoms with van der Waals surface area (Å²) in [6.07, 6.45) is 15.2. The Balaban J connectivity index is 1.42. The summed E-state index contributed by atoms with van der Waals surface area (Å²) in [7, 11) is 0. The molecule has 4 nitrogen and oxygen atoms in total. The van der Waals surface area contributed by atoms with Gasteiger partial charge >= 0.3 is 0 Å². The first-order valence-electron chi connectivity index (χ1n) is 8.15. The maximum atomic E-state index is 12.2. The third kappa shape index (κ3) is 3.74. The Morgan fingerprint density at radius 3 is 1.62 bits per heavy atom. The summed E-state index contributed by atoms with van der Waals surface area (Å²) in [6.45, 7) is 0. The molecule has 0 bridgehead atoms. The van der Waals surface area contributed by atoms with Gasteiger partial charge in [0.15, 0.2) is 0 Å². The van der Waals surface area contributed by atoms with Crippen LogP contribution in [0.3, 0.4) is 0 Å². The minimum atomic E-state index is -0.102. The molecule has 2 amide bonds. The molecule has 114 valence electrons. The number of amides is 2. The fourth-order valence-electron chi connectivity index (χ4n) is 3.24. The highest BCUT2D eigenvalue weighted by Crippen LogP contribution is 2.39. The largest absolute Gasteiger partial charge is 0.353 e. The summed E-state index contributed by atoms with van der Waals surface area (Å²) < 4.78 is 0. The monoisotopic (exact) mass is 288 g/mol. The molecular weight excluding hydrogens is 264 g/mol. The molecule has 3 aliphatic rings. The van der Waals surface area contributed by atoms with Crippen LogP contribution in [0, 0.1) is 11.8 Å². The number of hydrogen-bond donors (Lipinski definition) is 2. The molecule has 2 N–H and O–H groups in total. The van der Waals surface area contributed by atoms with Crippen LogP contribution in [0.4, 0.5) is 0 Å². The van der Waals surface area contributed by atoms with Crippen molar-refractivity contribution < 1.29 is 9.59 Å². The van der Waals surface area contributed by atoms with Gasteiger partial charge in [-0.2, -0.15) is 0 Å². The van der Waals surface area contributed by atoms with Crippen LogP contribution >= 0.6 is 0 Å². The van der Waals surface area contributed by atoms with E-state index in [1.165, 1.54) is 0 Å². The molecule has 21 heavy (non-hydrogen) atoms. The van der Waals surface area contributed by atoms with Crippen LogP contribution in [0.2, 0.25) is 0 Å². The van der Waals surface area contributed by atoms with Crippen molar-refractivity contribution in [3.05, 3.63) is 24.3 Å². The van der Waals surface area contributed by atoms with E-state index in [4.69, 9.17) is 0 Å². The molecule has 0 aromatic heterocycles. The second-order valence-electron chi connectivity index (χ2n) is 6.43. The Morgan fingerprint density at radius 2 is 1.24 bits per heavy atom. The van der Waals surface area contributed by atoms with E-state index in [1.54, 1.807) is 0 Å². The second-order valence-corrected chi connectivity index (χ2v) is 6.43.